The Kier molecular flexibility index (Phi) is 3.51. The number of nitrogens with one attached hydrogen (secondary N) is 1. The molecule has 3 aromatic rings. The molecule has 0 spiro atoms. The molecule has 0 aliphatic carbocycles. The molecule has 0 unspecified atom stereocenters. The standard InChI is InChI=1S/C17H13NO3/c19-15(11-18-13-7-2-1-3-8-13)14-10-12-6-4-5-9-16(12)21-17(14)20/h1-10,18H,11H2. The lowest BCUT2D eigenvalue weighted by Gasteiger charge is -2.05. The van der Waals surface area contributed by atoms with E-state index in [0.29, 0.717) is 5.58 Å². The average Bonchev–Trinajstić information content (AvgIpc) is 2.53. The largest absolute Gasteiger partial charge is 0.422 e. The zero-order valence-corrected chi connectivity index (χ0v) is 11.2. The van der Waals surface area contributed by atoms with Crippen LogP contribution in [-0.2, 0) is 0 Å². The Morgan fingerprint density at radius 2 is 1.71 bits per heavy atom. The van der Waals surface area contributed by atoms with Crippen LogP contribution in [0.5, 0.6) is 0 Å². The van der Waals surface area contributed by atoms with Gasteiger partial charge in [-0.25, -0.2) is 4.79 Å². The van der Waals surface area contributed by atoms with E-state index in [2.05, 4.69) is 5.32 Å². The van der Waals surface area contributed by atoms with E-state index in [-0.39, 0.29) is 17.9 Å². The van der Waals surface area contributed by atoms with E-state index in [1.54, 1.807) is 24.3 Å². The lowest BCUT2D eigenvalue weighted by molar-refractivity contribution is 0.100. The van der Waals surface area contributed by atoms with Crippen molar-refractivity contribution in [3.05, 3.63) is 76.6 Å². The Balaban J connectivity index is 1.84. The van der Waals surface area contributed by atoms with Crippen molar-refractivity contribution in [3.63, 3.8) is 0 Å². The molecular formula is C17H13NO3. The highest BCUT2D eigenvalue weighted by Crippen LogP contribution is 2.13. The molecule has 0 aliphatic rings. The molecule has 1 N–H and O–H groups in total. The normalized spacial score (nSPS) is 10.5. The van der Waals surface area contributed by atoms with Gasteiger partial charge in [0, 0.05) is 11.1 Å². The van der Waals surface area contributed by atoms with Gasteiger partial charge in [0.25, 0.3) is 0 Å². The quantitative estimate of drug-likeness (QED) is 0.589. The minimum atomic E-state index is -0.603. The highest BCUT2D eigenvalue weighted by Gasteiger charge is 2.13. The SMILES string of the molecule is O=C(CNc1ccccc1)c1cc2ccccc2oc1=O. The van der Waals surface area contributed by atoms with Gasteiger partial charge in [-0.2, -0.15) is 0 Å². The van der Waals surface area contributed by atoms with Crippen LogP contribution in [0.4, 0.5) is 5.69 Å². The maximum absolute atomic E-state index is 12.2. The van der Waals surface area contributed by atoms with E-state index in [9.17, 15) is 9.59 Å². The van der Waals surface area contributed by atoms with Crippen molar-refractivity contribution in [1.82, 2.24) is 0 Å². The van der Waals surface area contributed by atoms with Crippen molar-refractivity contribution in [2.24, 2.45) is 0 Å². The van der Waals surface area contributed by atoms with E-state index in [0.717, 1.165) is 11.1 Å². The van der Waals surface area contributed by atoms with E-state index in [1.807, 2.05) is 36.4 Å². The van der Waals surface area contributed by atoms with Crippen molar-refractivity contribution >= 4 is 22.4 Å². The maximum Gasteiger partial charge on any atom is 0.347 e. The third kappa shape index (κ3) is 2.84. The first-order chi connectivity index (χ1) is 10.2. The van der Waals surface area contributed by atoms with E-state index >= 15 is 0 Å². The summed E-state index contributed by atoms with van der Waals surface area (Å²) in [5.74, 6) is -0.293. The van der Waals surface area contributed by atoms with Crippen molar-refractivity contribution in [2.75, 3.05) is 11.9 Å². The zero-order chi connectivity index (χ0) is 14.7. The summed E-state index contributed by atoms with van der Waals surface area (Å²) in [6.07, 6.45) is 0. The number of fused-ring (bicyclic) bond motifs is 1. The van der Waals surface area contributed by atoms with Crippen LogP contribution in [0.25, 0.3) is 11.0 Å². The van der Waals surface area contributed by atoms with Crippen molar-refractivity contribution in [2.45, 2.75) is 0 Å². The van der Waals surface area contributed by atoms with Crippen LogP contribution in [0.2, 0.25) is 0 Å². The van der Waals surface area contributed by atoms with Crippen LogP contribution in [0, 0.1) is 0 Å². The summed E-state index contributed by atoms with van der Waals surface area (Å²) in [6.45, 7) is 0.0487. The lowest BCUT2D eigenvalue weighted by Crippen LogP contribution is -2.21. The number of ketones is 1. The molecule has 0 saturated heterocycles. The molecule has 4 heteroatoms. The van der Waals surface area contributed by atoms with Gasteiger partial charge in [-0.1, -0.05) is 36.4 Å². The Labute approximate surface area is 121 Å². The van der Waals surface area contributed by atoms with Crippen LogP contribution >= 0.6 is 0 Å². The molecule has 0 aliphatic heterocycles. The molecule has 0 fully saturated rings. The maximum atomic E-state index is 12.2. The highest BCUT2D eigenvalue weighted by molar-refractivity contribution is 6.00. The lowest BCUT2D eigenvalue weighted by atomic mass is 10.1. The van der Waals surface area contributed by atoms with E-state index in [1.165, 1.54) is 0 Å². The number of anilines is 1. The number of Topliss-reactive ketones (excluding diaryl/α,β-unsaturated/α-hetero) is 1. The molecule has 0 atom stereocenters. The Bertz CT molecular complexity index is 837. The van der Waals surface area contributed by atoms with Crippen LogP contribution < -0.4 is 10.9 Å². The monoisotopic (exact) mass is 279 g/mol. The highest BCUT2D eigenvalue weighted by atomic mass is 16.4. The molecule has 0 amide bonds. The molecule has 1 aromatic heterocycles. The first kappa shape index (κ1) is 13.1. The summed E-state index contributed by atoms with van der Waals surface area (Å²) in [6, 6.07) is 18.1. The third-order valence-electron chi connectivity index (χ3n) is 3.17. The summed E-state index contributed by atoms with van der Waals surface area (Å²) < 4.78 is 5.16. The molecule has 0 radical (unpaired) electrons. The summed E-state index contributed by atoms with van der Waals surface area (Å²) in [5.41, 5.74) is 0.775. The average molecular weight is 279 g/mol. The molecule has 0 saturated carbocycles. The van der Waals surface area contributed by atoms with Crippen LogP contribution in [-0.4, -0.2) is 12.3 Å². The fraction of sp³-hybridized carbons (Fsp3) is 0.0588. The molecule has 1 heterocycles. The fourth-order valence-corrected chi connectivity index (χ4v) is 2.09. The summed E-state index contributed by atoms with van der Waals surface area (Å²) >= 11 is 0. The van der Waals surface area contributed by atoms with Crippen LogP contribution in [0.15, 0.2) is 69.9 Å². The molecule has 3 rings (SSSR count). The van der Waals surface area contributed by atoms with Crippen molar-refractivity contribution < 1.29 is 9.21 Å². The Morgan fingerprint density at radius 3 is 2.52 bits per heavy atom. The second kappa shape index (κ2) is 5.63. The number of carbonyl (C=O) groups excluding carboxylic acids is 1. The van der Waals surface area contributed by atoms with Gasteiger partial charge in [-0.3, -0.25) is 4.79 Å². The van der Waals surface area contributed by atoms with E-state index in [4.69, 9.17) is 4.42 Å². The second-order valence-electron chi connectivity index (χ2n) is 4.63. The van der Waals surface area contributed by atoms with Gasteiger partial charge in [-0.15, -0.1) is 0 Å². The zero-order valence-electron chi connectivity index (χ0n) is 11.2. The number of hydrogen-bond donors (Lipinski definition) is 1. The van der Waals surface area contributed by atoms with Gasteiger partial charge in [0.1, 0.15) is 11.1 Å². The molecule has 2 aromatic carbocycles. The number of hydrogen-bond acceptors (Lipinski definition) is 4. The van der Waals surface area contributed by atoms with Gasteiger partial charge in [0.2, 0.25) is 0 Å². The van der Waals surface area contributed by atoms with Crippen molar-refractivity contribution in [1.29, 1.82) is 0 Å². The number of rotatable bonds is 4. The number of para-hydroxylation sites is 2. The first-order valence-electron chi connectivity index (χ1n) is 6.59. The van der Waals surface area contributed by atoms with Gasteiger partial charge >= 0.3 is 5.63 Å². The second-order valence-corrected chi connectivity index (χ2v) is 4.63. The predicted octanol–water partition coefficient (Wildman–Crippen LogP) is 3.09. The molecule has 4 nitrogen and oxygen atoms in total. The van der Waals surface area contributed by atoms with Crippen molar-refractivity contribution in [3.8, 4) is 0 Å². The topological polar surface area (TPSA) is 59.3 Å². The number of carbonyl (C=O) groups is 1. The Hall–Kier alpha value is -2.88. The fourth-order valence-electron chi connectivity index (χ4n) is 2.09. The van der Waals surface area contributed by atoms with Gasteiger partial charge in [0.05, 0.1) is 6.54 Å². The minimum Gasteiger partial charge on any atom is -0.422 e. The molecular weight excluding hydrogens is 266 g/mol. The smallest absolute Gasteiger partial charge is 0.347 e. The van der Waals surface area contributed by atoms with Crippen LogP contribution in [0.3, 0.4) is 0 Å². The summed E-state index contributed by atoms with van der Waals surface area (Å²) in [7, 11) is 0. The number of benzene rings is 2. The summed E-state index contributed by atoms with van der Waals surface area (Å²) in [4.78, 5) is 24.0. The van der Waals surface area contributed by atoms with E-state index < -0.39 is 5.63 Å². The first-order valence-corrected chi connectivity index (χ1v) is 6.59. The van der Waals surface area contributed by atoms with Gasteiger partial charge in [-0.05, 0) is 24.3 Å². The van der Waals surface area contributed by atoms with Gasteiger partial charge < -0.3 is 9.73 Å². The van der Waals surface area contributed by atoms with Crippen LogP contribution in [0.1, 0.15) is 10.4 Å². The minimum absolute atomic E-state index is 0.0487. The third-order valence-corrected chi connectivity index (χ3v) is 3.17. The molecule has 0 bridgehead atoms. The molecule has 104 valence electrons. The molecule has 21 heavy (non-hydrogen) atoms. The predicted molar refractivity (Wildman–Crippen MR) is 81.7 cm³/mol. The van der Waals surface area contributed by atoms with Gasteiger partial charge in [0.15, 0.2) is 5.78 Å². The summed E-state index contributed by atoms with van der Waals surface area (Å²) in [5, 5.41) is 3.72. The Morgan fingerprint density at radius 1 is 1.00 bits per heavy atom.